The first-order valence-corrected chi connectivity index (χ1v) is 5.83. The monoisotopic (exact) mass is 256 g/mol. The van der Waals surface area contributed by atoms with Gasteiger partial charge in [-0.25, -0.2) is 0 Å². The number of phenolic OH excluding ortho intramolecular Hbond substituents is 1. The van der Waals surface area contributed by atoms with Crippen molar-refractivity contribution in [2.45, 2.75) is 13.8 Å². The zero-order valence-corrected chi connectivity index (χ0v) is 11.0. The maximum absolute atomic E-state index is 10.4. The molecule has 0 unspecified atom stereocenters. The van der Waals surface area contributed by atoms with Gasteiger partial charge in [0.15, 0.2) is 0 Å². The zero-order valence-electron chi connectivity index (χ0n) is 11.0. The van der Waals surface area contributed by atoms with Crippen LogP contribution in [0.5, 0.6) is 5.75 Å². The number of aryl methyl sites for hydroxylation is 2. The molecule has 0 aliphatic heterocycles. The Bertz CT molecular complexity index is 557. The summed E-state index contributed by atoms with van der Waals surface area (Å²) >= 11 is 0. The van der Waals surface area contributed by atoms with Crippen LogP contribution in [0.1, 0.15) is 31.8 Å². The smallest absolute Gasteiger partial charge is 0.150 e. The van der Waals surface area contributed by atoms with E-state index >= 15 is 0 Å². The molecule has 0 amide bonds. The molecule has 2 aromatic carbocycles. The SMILES string of the molecule is Cc1ccc(C)c(C=O)c1.O=Cc1ccc(O)cc1. The van der Waals surface area contributed by atoms with Gasteiger partial charge in [-0.15, -0.1) is 0 Å². The highest BCUT2D eigenvalue weighted by Crippen LogP contribution is 2.07. The summed E-state index contributed by atoms with van der Waals surface area (Å²) in [4.78, 5) is 20.4. The number of aldehydes is 2. The summed E-state index contributed by atoms with van der Waals surface area (Å²) < 4.78 is 0. The average molecular weight is 256 g/mol. The summed E-state index contributed by atoms with van der Waals surface area (Å²) in [5.74, 6) is 0.181. The van der Waals surface area contributed by atoms with Gasteiger partial charge in [0.1, 0.15) is 18.3 Å². The molecule has 0 spiro atoms. The highest BCUT2D eigenvalue weighted by molar-refractivity contribution is 5.77. The van der Waals surface area contributed by atoms with Crippen LogP contribution >= 0.6 is 0 Å². The molecule has 0 saturated heterocycles. The average Bonchev–Trinajstić information content (AvgIpc) is 2.43. The van der Waals surface area contributed by atoms with Crippen LogP contribution in [0.15, 0.2) is 42.5 Å². The van der Waals surface area contributed by atoms with Crippen molar-refractivity contribution < 1.29 is 14.7 Å². The first-order valence-electron chi connectivity index (χ1n) is 5.83. The standard InChI is InChI=1S/C9H10O.C7H6O2/c1-7-3-4-8(2)9(5-7)6-10;8-5-6-1-3-7(9)4-2-6/h3-6H,1-2H3;1-5,9H. The van der Waals surface area contributed by atoms with Crippen molar-refractivity contribution in [2.75, 3.05) is 0 Å². The second-order valence-corrected chi connectivity index (χ2v) is 4.19. The van der Waals surface area contributed by atoms with Crippen LogP contribution in [0.3, 0.4) is 0 Å². The Morgan fingerprint density at radius 3 is 2.00 bits per heavy atom. The van der Waals surface area contributed by atoms with Crippen LogP contribution < -0.4 is 0 Å². The fourth-order valence-corrected chi connectivity index (χ4v) is 1.44. The van der Waals surface area contributed by atoms with Crippen molar-refractivity contribution in [2.24, 2.45) is 0 Å². The number of aromatic hydroxyl groups is 1. The quantitative estimate of drug-likeness (QED) is 0.838. The summed E-state index contributed by atoms with van der Waals surface area (Å²) in [6.07, 6.45) is 1.63. The van der Waals surface area contributed by atoms with Crippen molar-refractivity contribution in [3.05, 3.63) is 64.7 Å². The molecule has 0 heterocycles. The molecule has 0 fully saturated rings. The maximum atomic E-state index is 10.4. The third-order valence-corrected chi connectivity index (χ3v) is 2.59. The first-order chi connectivity index (χ1) is 9.06. The third-order valence-electron chi connectivity index (χ3n) is 2.59. The van der Waals surface area contributed by atoms with E-state index in [1.54, 1.807) is 12.1 Å². The van der Waals surface area contributed by atoms with Gasteiger partial charge in [-0.1, -0.05) is 17.7 Å². The van der Waals surface area contributed by atoms with Gasteiger partial charge in [-0.2, -0.15) is 0 Å². The largest absolute Gasteiger partial charge is 0.508 e. The van der Waals surface area contributed by atoms with Crippen LogP contribution in [-0.2, 0) is 0 Å². The maximum Gasteiger partial charge on any atom is 0.150 e. The van der Waals surface area contributed by atoms with Crippen molar-refractivity contribution in [1.29, 1.82) is 0 Å². The molecule has 1 N–H and O–H groups in total. The van der Waals surface area contributed by atoms with E-state index in [1.807, 2.05) is 32.0 Å². The van der Waals surface area contributed by atoms with E-state index in [1.165, 1.54) is 12.1 Å². The number of hydrogen-bond donors (Lipinski definition) is 1. The zero-order chi connectivity index (χ0) is 14.3. The Kier molecular flexibility index (Phi) is 5.48. The lowest BCUT2D eigenvalue weighted by Crippen LogP contribution is -1.85. The van der Waals surface area contributed by atoms with Gasteiger partial charge in [0.05, 0.1) is 0 Å². The van der Waals surface area contributed by atoms with Crippen LogP contribution in [0.2, 0.25) is 0 Å². The van der Waals surface area contributed by atoms with E-state index in [4.69, 9.17) is 5.11 Å². The lowest BCUT2D eigenvalue weighted by Gasteiger charge is -1.97. The molecule has 0 radical (unpaired) electrons. The highest BCUT2D eigenvalue weighted by atomic mass is 16.3. The summed E-state index contributed by atoms with van der Waals surface area (Å²) in [5, 5.41) is 8.74. The van der Waals surface area contributed by atoms with Gasteiger partial charge < -0.3 is 5.11 Å². The molecule has 3 heteroatoms. The van der Waals surface area contributed by atoms with E-state index in [-0.39, 0.29) is 5.75 Å². The summed E-state index contributed by atoms with van der Waals surface area (Å²) in [6, 6.07) is 11.9. The van der Waals surface area contributed by atoms with Crippen molar-refractivity contribution in [3.8, 4) is 5.75 Å². The van der Waals surface area contributed by atoms with E-state index in [0.717, 1.165) is 29.3 Å². The molecule has 2 rings (SSSR count). The molecule has 3 nitrogen and oxygen atoms in total. The van der Waals surface area contributed by atoms with E-state index < -0.39 is 0 Å². The predicted molar refractivity (Wildman–Crippen MR) is 74.8 cm³/mol. The van der Waals surface area contributed by atoms with E-state index in [9.17, 15) is 9.59 Å². The Hall–Kier alpha value is -2.42. The van der Waals surface area contributed by atoms with Crippen LogP contribution in [-0.4, -0.2) is 17.7 Å². The molecule has 0 saturated carbocycles. The topological polar surface area (TPSA) is 54.4 Å². The summed E-state index contributed by atoms with van der Waals surface area (Å²) in [5.41, 5.74) is 3.54. The van der Waals surface area contributed by atoms with Crippen molar-refractivity contribution >= 4 is 12.6 Å². The second kappa shape index (κ2) is 7.11. The Morgan fingerprint density at radius 1 is 0.895 bits per heavy atom. The van der Waals surface area contributed by atoms with Gasteiger partial charge in [-0.3, -0.25) is 9.59 Å². The predicted octanol–water partition coefficient (Wildman–Crippen LogP) is 3.32. The van der Waals surface area contributed by atoms with Crippen molar-refractivity contribution in [3.63, 3.8) is 0 Å². The number of carbonyl (C=O) groups excluding carboxylic acids is 2. The molecule has 19 heavy (non-hydrogen) atoms. The van der Waals surface area contributed by atoms with Crippen LogP contribution in [0.25, 0.3) is 0 Å². The number of carbonyl (C=O) groups is 2. The fraction of sp³-hybridized carbons (Fsp3) is 0.125. The Morgan fingerprint density at radius 2 is 1.53 bits per heavy atom. The van der Waals surface area contributed by atoms with Gasteiger partial charge in [0.2, 0.25) is 0 Å². The van der Waals surface area contributed by atoms with Crippen LogP contribution in [0.4, 0.5) is 0 Å². The van der Waals surface area contributed by atoms with E-state index in [0.29, 0.717) is 5.56 Å². The number of hydrogen-bond acceptors (Lipinski definition) is 3. The summed E-state index contributed by atoms with van der Waals surface area (Å²) in [6.45, 7) is 3.91. The molecule has 0 aliphatic carbocycles. The molecule has 2 aromatic rings. The molecule has 98 valence electrons. The minimum Gasteiger partial charge on any atom is -0.508 e. The molecule has 0 aromatic heterocycles. The number of phenols is 1. The number of benzene rings is 2. The second-order valence-electron chi connectivity index (χ2n) is 4.19. The van der Waals surface area contributed by atoms with Crippen LogP contribution in [0, 0.1) is 13.8 Å². The first kappa shape index (κ1) is 14.6. The van der Waals surface area contributed by atoms with Gasteiger partial charge in [-0.05, 0) is 49.7 Å². The van der Waals surface area contributed by atoms with Gasteiger partial charge >= 0.3 is 0 Å². The normalized spacial score (nSPS) is 9.16. The third kappa shape index (κ3) is 4.76. The number of rotatable bonds is 2. The molecule has 0 aliphatic rings. The minimum atomic E-state index is 0.181. The summed E-state index contributed by atoms with van der Waals surface area (Å²) in [7, 11) is 0. The lowest BCUT2D eigenvalue weighted by molar-refractivity contribution is 0.111. The molecule has 0 atom stereocenters. The van der Waals surface area contributed by atoms with Gasteiger partial charge in [0, 0.05) is 11.1 Å². The van der Waals surface area contributed by atoms with Crippen molar-refractivity contribution in [1.82, 2.24) is 0 Å². The lowest BCUT2D eigenvalue weighted by atomic mass is 10.1. The Labute approximate surface area is 112 Å². The Balaban J connectivity index is 0.000000191. The van der Waals surface area contributed by atoms with Gasteiger partial charge in [0.25, 0.3) is 0 Å². The van der Waals surface area contributed by atoms with E-state index in [2.05, 4.69) is 0 Å². The molecular weight excluding hydrogens is 240 g/mol. The fourth-order valence-electron chi connectivity index (χ4n) is 1.44. The molecular formula is C16H16O3. The highest BCUT2D eigenvalue weighted by Gasteiger charge is 1.94. The minimum absolute atomic E-state index is 0.181. The molecule has 0 bridgehead atoms.